The van der Waals surface area contributed by atoms with Gasteiger partial charge in [0.15, 0.2) is 5.13 Å². The van der Waals surface area contributed by atoms with Crippen LogP contribution in [0, 0.1) is 6.92 Å². The number of rotatable bonds is 4. The number of hydrogen-bond donors (Lipinski definition) is 1. The van der Waals surface area contributed by atoms with Gasteiger partial charge in [0.2, 0.25) is 5.91 Å². The minimum absolute atomic E-state index is 0.0369. The molecule has 1 N–H and O–H groups in total. The molecule has 1 heterocycles. The third-order valence-electron chi connectivity index (χ3n) is 2.06. The lowest BCUT2D eigenvalue weighted by Crippen LogP contribution is -2.13. The van der Waals surface area contributed by atoms with Crippen molar-refractivity contribution in [3.05, 3.63) is 39.8 Å². The van der Waals surface area contributed by atoms with Crippen molar-refractivity contribution >= 4 is 50.1 Å². The molecule has 0 atom stereocenters. The van der Waals surface area contributed by atoms with E-state index in [9.17, 15) is 4.79 Å². The highest BCUT2D eigenvalue weighted by Crippen LogP contribution is 2.27. The second-order valence-electron chi connectivity index (χ2n) is 3.56. The second-order valence-corrected chi connectivity index (χ2v) is 6.29. The molecule has 0 spiro atoms. The SMILES string of the molecule is Cc1csc(NC(=O)CSc2ccccc2Br)n1. The molecule has 2 aromatic rings. The van der Waals surface area contributed by atoms with Crippen molar-refractivity contribution in [3.63, 3.8) is 0 Å². The van der Waals surface area contributed by atoms with Crippen molar-refractivity contribution < 1.29 is 4.79 Å². The van der Waals surface area contributed by atoms with Gasteiger partial charge >= 0.3 is 0 Å². The zero-order valence-corrected chi connectivity index (χ0v) is 12.9. The van der Waals surface area contributed by atoms with E-state index in [-0.39, 0.29) is 5.91 Å². The summed E-state index contributed by atoms with van der Waals surface area (Å²) < 4.78 is 1.01. The summed E-state index contributed by atoms with van der Waals surface area (Å²) in [5.41, 5.74) is 0.925. The fourth-order valence-corrected chi connectivity index (χ4v) is 3.34. The van der Waals surface area contributed by atoms with Crippen LogP contribution in [0.4, 0.5) is 5.13 Å². The molecule has 1 aromatic carbocycles. The molecule has 1 amide bonds. The average molecular weight is 343 g/mol. The molecule has 0 fully saturated rings. The molecule has 0 aliphatic rings. The molecule has 18 heavy (non-hydrogen) atoms. The monoisotopic (exact) mass is 342 g/mol. The molecule has 0 unspecified atom stereocenters. The molecule has 0 saturated heterocycles. The van der Waals surface area contributed by atoms with E-state index in [1.54, 1.807) is 0 Å². The number of anilines is 1. The number of carbonyl (C=O) groups excluding carboxylic acids is 1. The number of thiazole rings is 1. The second kappa shape index (κ2) is 6.36. The molecule has 1 aromatic heterocycles. The van der Waals surface area contributed by atoms with Gasteiger partial charge in [0, 0.05) is 14.7 Å². The lowest BCUT2D eigenvalue weighted by atomic mass is 10.4. The molecule has 0 aliphatic heterocycles. The molecule has 0 radical (unpaired) electrons. The maximum absolute atomic E-state index is 11.7. The van der Waals surface area contributed by atoms with E-state index in [0.29, 0.717) is 10.9 Å². The van der Waals surface area contributed by atoms with Crippen LogP contribution in [-0.4, -0.2) is 16.6 Å². The van der Waals surface area contributed by atoms with Gasteiger partial charge in [0.1, 0.15) is 0 Å². The zero-order chi connectivity index (χ0) is 13.0. The normalized spacial score (nSPS) is 10.3. The Morgan fingerprint density at radius 3 is 2.94 bits per heavy atom. The number of carbonyl (C=O) groups is 1. The van der Waals surface area contributed by atoms with Gasteiger partial charge in [-0.1, -0.05) is 12.1 Å². The van der Waals surface area contributed by atoms with E-state index >= 15 is 0 Å². The van der Waals surface area contributed by atoms with E-state index in [0.717, 1.165) is 15.1 Å². The third-order valence-corrected chi connectivity index (χ3v) is 4.96. The predicted octanol–water partition coefficient (Wildman–Crippen LogP) is 3.94. The summed E-state index contributed by atoms with van der Waals surface area (Å²) in [5.74, 6) is 0.339. The summed E-state index contributed by atoms with van der Waals surface area (Å²) in [5, 5.41) is 5.36. The van der Waals surface area contributed by atoms with E-state index < -0.39 is 0 Å². The summed E-state index contributed by atoms with van der Waals surface area (Å²) >= 11 is 6.39. The first-order chi connectivity index (χ1) is 8.65. The number of halogens is 1. The van der Waals surface area contributed by atoms with Crippen LogP contribution in [0.3, 0.4) is 0 Å². The lowest BCUT2D eigenvalue weighted by molar-refractivity contribution is -0.113. The Morgan fingerprint density at radius 2 is 2.28 bits per heavy atom. The lowest BCUT2D eigenvalue weighted by Gasteiger charge is -2.03. The maximum Gasteiger partial charge on any atom is 0.236 e. The predicted molar refractivity (Wildman–Crippen MR) is 80.3 cm³/mol. The number of amides is 1. The molecule has 94 valence electrons. The number of benzene rings is 1. The summed E-state index contributed by atoms with van der Waals surface area (Å²) in [4.78, 5) is 17.0. The Bertz CT molecular complexity index is 557. The Labute approximate surface area is 122 Å². The number of nitrogens with zero attached hydrogens (tertiary/aromatic N) is 1. The van der Waals surface area contributed by atoms with Gasteiger partial charge < -0.3 is 5.32 Å². The molecular weight excluding hydrogens is 332 g/mol. The third kappa shape index (κ3) is 3.83. The van der Waals surface area contributed by atoms with Crippen LogP contribution in [0.2, 0.25) is 0 Å². The van der Waals surface area contributed by atoms with Crippen LogP contribution < -0.4 is 5.32 Å². The van der Waals surface area contributed by atoms with Crippen LogP contribution in [0.1, 0.15) is 5.69 Å². The summed E-state index contributed by atoms with van der Waals surface area (Å²) in [6.45, 7) is 1.90. The highest BCUT2D eigenvalue weighted by atomic mass is 79.9. The summed E-state index contributed by atoms with van der Waals surface area (Å²) in [7, 11) is 0. The largest absolute Gasteiger partial charge is 0.301 e. The van der Waals surface area contributed by atoms with E-state index in [2.05, 4.69) is 26.2 Å². The summed E-state index contributed by atoms with van der Waals surface area (Å²) in [6, 6.07) is 7.85. The first-order valence-electron chi connectivity index (χ1n) is 5.24. The van der Waals surface area contributed by atoms with Crippen molar-refractivity contribution in [2.24, 2.45) is 0 Å². The van der Waals surface area contributed by atoms with Crippen LogP contribution in [-0.2, 0) is 4.79 Å². The quantitative estimate of drug-likeness (QED) is 0.855. The average Bonchev–Trinajstić information content (AvgIpc) is 2.74. The fraction of sp³-hybridized carbons (Fsp3) is 0.167. The van der Waals surface area contributed by atoms with Crippen LogP contribution in [0.25, 0.3) is 0 Å². The van der Waals surface area contributed by atoms with Crippen molar-refractivity contribution in [3.8, 4) is 0 Å². The molecule has 0 aliphatic carbocycles. The highest BCUT2D eigenvalue weighted by molar-refractivity contribution is 9.10. The van der Waals surface area contributed by atoms with Crippen molar-refractivity contribution in [1.82, 2.24) is 4.98 Å². The molecule has 2 rings (SSSR count). The Kier molecular flexibility index (Phi) is 4.79. The molecule has 6 heteroatoms. The molecule has 0 bridgehead atoms. The van der Waals surface area contributed by atoms with Crippen LogP contribution in [0.15, 0.2) is 39.0 Å². The van der Waals surface area contributed by atoms with Gasteiger partial charge in [-0.3, -0.25) is 4.79 Å². The van der Waals surface area contributed by atoms with Gasteiger partial charge in [0.25, 0.3) is 0 Å². The molecule has 3 nitrogen and oxygen atoms in total. The highest BCUT2D eigenvalue weighted by Gasteiger charge is 2.07. The van der Waals surface area contributed by atoms with Crippen LogP contribution >= 0.6 is 39.0 Å². The van der Waals surface area contributed by atoms with E-state index in [1.807, 2.05) is 36.6 Å². The molecule has 0 saturated carbocycles. The fourth-order valence-electron chi connectivity index (χ4n) is 1.27. The van der Waals surface area contributed by atoms with Crippen molar-refractivity contribution in [2.75, 3.05) is 11.1 Å². The smallest absolute Gasteiger partial charge is 0.236 e. The van der Waals surface area contributed by atoms with Gasteiger partial charge in [-0.05, 0) is 35.0 Å². The summed E-state index contributed by atoms with van der Waals surface area (Å²) in [6.07, 6.45) is 0. The van der Waals surface area contributed by atoms with Gasteiger partial charge in [-0.2, -0.15) is 0 Å². The van der Waals surface area contributed by atoms with Crippen molar-refractivity contribution in [1.29, 1.82) is 0 Å². The topological polar surface area (TPSA) is 42.0 Å². The zero-order valence-electron chi connectivity index (χ0n) is 9.64. The Morgan fingerprint density at radius 1 is 1.50 bits per heavy atom. The van der Waals surface area contributed by atoms with Gasteiger partial charge in [-0.25, -0.2) is 4.98 Å². The van der Waals surface area contributed by atoms with E-state index in [1.165, 1.54) is 23.1 Å². The number of aromatic nitrogens is 1. The Balaban J connectivity index is 1.87. The molecular formula is C12H11BrN2OS2. The maximum atomic E-state index is 11.7. The number of nitrogens with one attached hydrogen (secondary N) is 1. The van der Waals surface area contributed by atoms with E-state index in [4.69, 9.17) is 0 Å². The number of aryl methyl sites for hydroxylation is 1. The number of thioether (sulfide) groups is 1. The van der Waals surface area contributed by atoms with Crippen molar-refractivity contribution in [2.45, 2.75) is 11.8 Å². The first-order valence-corrected chi connectivity index (χ1v) is 7.90. The standard InChI is InChI=1S/C12H11BrN2OS2/c1-8-6-18-12(14-8)15-11(16)7-17-10-5-3-2-4-9(10)13/h2-6H,7H2,1H3,(H,14,15,16). The first kappa shape index (κ1) is 13.6. The van der Waals surface area contributed by atoms with Crippen LogP contribution in [0.5, 0.6) is 0 Å². The minimum Gasteiger partial charge on any atom is -0.301 e. The number of hydrogen-bond acceptors (Lipinski definition) is 4. The van der Waals surface area contributed by atoms with Gasteiger partial charge in [-0.15, -0.1) is 23.1 Å². The van der Waals surface area contributed by atoms with Gasteiger partial charge in [0.05, 0.1) is 11.4 Å². The minimum atomic E-state index is -0.0369. The Hall–Kier alpha value is -0.850.